The molecule has 3 rings (SSSR count). The molecular formula is C26H27FN2O5. The van der Waals surface area contributed by atoms with Crippen LogP contribution in [0.4, 0.5) is 10.1 Å². The van der Waals surface area contributed by atoms with Gasteiger partial charge in [-0.2, -0.15) is 0 Å². The molecule has 0 aliphatic heterocycles. The SMILES string of the molecule is COc1ccc(CCNC(=O)c2ccccc2NC(=O)[C@H](C)Oc2ccc(F)cc2)cc1OC. The summed E-state index contributed by atoms with van der Waals surface area (Å²) in [7, 11) is 3.14. The van der Waals surface area contributed by atoms with Gasteiger partial charge in [0.05, 0.1) is 25.5 Å². The van der Waals surface area contributed by atoms with Crippen LogP contribution in [0.3, 0.4) is 0 Å². The van der Waals surface area contributed by atoms with Crippen LogP contribution in [-0.2, 0) is 11.2 Å². The van der Waals surface area contributed by atoms with E-state index in [9.17, 15) is 14.0 Å². The average molecular weight is 467 g/mol. The molecule has 0 unspecified atom stereocenters. The summed E-state index contributed by atoms with van der Waals surface area (Å²) in [6.07, 6.45) is -0.268. The number of benzene rings is 3. The van der Waals surface area contributed by atoms with Crippen LogP contribution in [0.25, 0.3) is 0 Å². The van der Waals surface area contributed by atoms with E-state index in [1.165, 1.54) is 24.3 Å². The summed E-state index contributed by atoms with van der Waals surface area (Å²) >= 11 is 0. The maximum Gasteiger partial charge on any atom is 0.265 e. The molecule has 1 atom stereocenters. The number of amides is 2. The molecule has 0 radical (unpaired) electrons. The first-order chi connectivity index (χ1) is 16.4. The van der Waals surface area contributed by atoms with E-state index in [1.54, 1.807) is 45.4 Å². The highest BCUT2D eigenvalue weighted by molar-refractivity contribution is 6.04. The van der Waals surface area contributed by atoms with Crippen LogP contribution in [0.5, 0.6) is 17.2 Å². The number of carbonyl (C=O) groups is 2. The minimum Gasteiger partial charge on any atom is -0.493 e. The third-order valence-electron chi connectivity index (χ3n) is 5.07. The summed E-state index contributed by atoms with van der Waals surface area (Å²) in [6.45, 7) is 1.96. The molecule has 0 saturated carbocycles. The Labute approximate surface area is 197 Å². The quantitative estimate of drug-likeness (QED) is 0.467. The zero-order valence-electron chi connectivity index (χ0n) is 19.3. The van der Waals surface area contributed by atoms with Gasteiger partial charge in [-0.3, -0.25) is 9.59 Å². The molecular weight excluding hydrogens is 439 g/mol. The van der Waals surface area contributed by atoms with Crippen molar-refractivity contribution in [3.8, 4) is 17.2 Å². The van der Waals surface area contributed by atoms with E-state index in [2.05, 4.69) is 10.6 Å². The first-order valence-corrected chi connectivity index (χ1v) is 10.7. The summed E-state index contributed by atoms with van der Waals surface area (Å²) in [4.78, 5) is 25.4. The lowest BCUT2D eigenvalue weighted by atomic mass is 10.1. The first kappa shape index (κ1) is 24.6. The highest BCUT2D eigenvalue weighted by Gasteiger charge is 2.18. The largest absolute Gasteiger partial charge is 0.493 e. The molecule has 7 nitrogen and oxygen atoms in total. The van der Waals surface area contributed by atoms with E-state index in [-0.39, 0.29) is 5.91 Å². The number of halogens is 1. The van der Waals surface area contributed by atoms with Crippen molar-refractivity contribution in [1.29, 1.82) is 0 Å². The number of methoxy groups -OCH3 is 2. The van der Waals surface area contributed by atoms with Gasteiger partial charge in [-0.25, -0.2) is 4.39 Å². The normalized spacial score (nSPS) is 11.3. The Morgan fingerprint density at radius 2 is 1.65 bits per heavy atom. The molecule has 178 valence electrons. The lowest BCUT2D eigenvalue weighted by Gasteiger charge is -2.16. The van der Waals surface area contributed by atoms with E-state index in [1.807, 2.05) is 18.2 Å². The van der Waals surface area contributed by atoms with Gasteiger partial charge in [0.15, 0.2) is 17.6 Å². The Hall–Kier alpha value is -4.07. The number of anilines is 1. The first-order valence-electron chi connectivity index (χ1n) is 10.7. The predicted molar refractivity (Wildman–Crippen MR) is 127 cm³/mol. The van der Waals surface area contributed by atoms with Gasteiger partial charge in [0.25, 0.3) is 11.8 Å². The van der Waals surface area contributed by atoms with Crippen molar-refractivity contribution >= 4 is 17.5 Å². The van der Waals surface area contributed by atoms with Crippen LogP contribution in [0, 0.1) is 5.82 Å². The van der Waals surface area contributed by atoms with Crippen LogP contribution in [0.1, 0.15) is 22.8 Å². The van der Waals surface area contributed by atoms with Gasteiger partial charge in [-0.1, -0.05) is 18.2 Å². The third-order valence-corrected chi connectivity index (χ3v) is 5.07. The number of ether oxygens (including phenoxy) is 3. The smallest absolute Gasteiger partial charge is 0.265 e. The van der Waals surface area contributed by atoms with E-state index < -0.39 is 17.8 Å². The minimum atomic E-state index is -0.855. The standard InChI is InChI=1S/C26H27FN2O5/c1-17(34-20-11-9-19(27)10-12-20)25(30)29-22-7-5-4-6-21(22)26(31)28-15-14-18-8-13-23(32-2)24(16-18)33-3/h4-13,16-17H,14-15H2,1-3H3,(H,28,31)(H,29,30)/t17-/m0/s1. The number of para-hydroxylation sites is 1. The zero-order chi connectivity index (χ0) is 24.5. The van der Waals surface area contributed by atoms with Crippen LogP contribution in [-0.4, -0.2) is 38.7 Å². The second-order valence-electron chi connectivity index (χ2n) is 7.44. The second kappa shape index (κ2) is 11.7. The summed E-state index contributed by atoms with van der Waals surface area (Å²) in [5, 5.41) is 5.60. The van der Waals surface area contributed by atoms with Gasteiger partial charge in [0.1, 0.15) is 11.6 Å². The number of nitrogens with one attached hydrogen (secondary N) is 2. The van der Waals surface area contributed by atoms with Gasteiger partial charge >= 0.3 is 0 Å². The Balaban J connectivity index is 1.59. The monoisotopic (exact) mass is 466 g/mol. The molecule has 3 aromatic carbocycles. The van der Waals surface area contributed by atoms with Crippen molar-refractivity contribution in [3.05, 3.63) is 83.7 Å². The van der Waals surface area contributed by atoms with Crippen LogP contribution >= 0.6 is 0 Å². The number of carbonyl (C=O) groups excluding carboxylic acids is 2. The van der Waals surface area contributed by atoms with Crippen molar-refractivity contribution in [1.82, 2.24) is 5.32 Å². The lowest BCUT2D eigenvalue weighted by Crippen LogP contribution is -2.32. The fourth-order valence-corrected chi connectivity index (χ4v) is 3.25. The Bertz CT molecular complexity index is 1130. The van der Waals surface area contributed by atoms with Crippen molar-refractivity contribution in [2.75, 3.05) is 26.1 Å². The zero-order valence-corrected chi connectivity index (χ0v) is 19.3. The number of rotatable bonds is 10. The number of hydrogen-bond acceptors (Lipinski definition) is 5. The molecule has 0 aliphatic carbocycles. The molecule has 0 heterocycles. The second-order valence-corrected chi connectivity index (χ2v) is 7.44. The topological polar surface area (TPSA) is 85.9 Å². The average Bonchev–Trinajstić information content (AvgIpc) is 2.85. The third kappa shape index (κ3) is 6.48. The Kier molecular flexibility index (Phi) is 8.45. The van der Waals surface area contributed by atoms with Gasteiger partial charge < -0.3 is 24.8 Å². The lowest BCUT2D eigenvalue weighted by molar-refractivity contribution is -0.122. The highest BCUT2D eigenvalue weighted by Crippen LogP contribution is 2.27. The fourth-order valence-electron chi connectivity index (χ4n) is 3.25. The van der Waals surface area contributed by atoms with Crippen molar-refractivity contribution in [2.45, 2.75) is 19.4 Å². The van der Waals surface area contributed by atoms with Gasteiger partial charge in [0, 0.05) is 6.54 Å². The summed E-state index contributed by atoms with van der Waals surface area (Å²) in [5.74, 6) is 0.480. The minimum absolute atomic E-state index is 0.316. The molecule has 3 aromatic rings. The molecule has 34 heavy (non-hydrogen) atoms. The van der Waals surface area contributed by atoms with Gasteiger partial charge in [0.2, 0.25) is 0 Å². The fraction of sp³-hybridized carbons (Fsp3) is 0.231. The Morgan fingerprint density at radius 1 is 0.941 bits per heavy atom. The highest BCUT2D eigenvalue weighted by atomic mass is 19.1. The summed E-state index contributed by atoms with van der Waals surface area (Å²) in [5.41, 5.74) is 1.68. The van der Waals surface area contributed by atoms with Gasteiger partial charge in [-0.15, -0.1) is 0 Å². The van der Waals surface area contributed by atoms with E-state index in [0.29, 0.717) is 41.5 Å². The van der Waals surface area contributed by atoms with Crippen molar-refractivity contribution < 1.29 is 28.2 Å². The van der Waals surface area contributed by atoms with Crippen LogP contribution in [0.15, 0.2) is 66.7 Å². The van der Waals surface area contributed by atoms with Crippen molar-refractivity contribution in [2.24, 2.45) is 0 Å². The number of hydrogen-bond donors (Lipinski definition) is 2. The molecule has 0 bridgehead atoms. The maximum absolute atomic E-state index is 13.1. The Morgan fingerprint density at radius 3 is 2.35 bits per heavy atom. The van der Waals surface area contributed by atoms with Crippen molar-refractivity contribution in [3.63, 3.8) is 0 Å². The van der Waals surface area contributed by atoms with E-state index >= 15 is 0 Å². The molecule has 0 saturated heterocycles. The van der Waals surface area contributed by atoms with E-state index in [4.69, 9.17) is 14.2 Å². The van der Waals surface area contributed by atoms with Crippen LogP contribution < -0.4 is 24.8 Å². The summed E-state index contributed by atoms with van der Waals surface area (Å²) < 4.78 is 29.2. The molecule has 0 spiro atoms. The molecule has 8 heteroatoms. The van der Waals surface area contributed by atoms with Crippen LogP contribution in [0.2, 0.25) is 0 Å². The molecule has 0 aliphatic rings. The predicted octanol–water partition coefficient (Wildman–Crippen LogP) is 4.22. The molecule has 2 N–H and O–H groups in total. The maximum atomic E-state index is 13.1. The molecule has 0 aromatic heterocycles. The van der Waals surface area contributed by atoms with E-state index in [0.717, 1.165) is 5.56 Å². The molecule has 0 fully saturated rings. The molecule has 2 amide bonds. The van der Waals surface area contributed by atoms with Gasteiger partial charge in [-0.05, 0) is 67.4 Å². The summed E-state index contributed by atoms with van der Waals surface area (Å²) in [6, 6.07) is 17.7.